The van der Waals surface area contributed by atoms with Crippen LogP contribution < -0.4 is 19.1 Å². The Labute approximate surface area is 282 Å². The van der Waals surface area contributed by atoms with Crippen molar-refractivity contribution in [3.63, 3.8) is 0 Å². The van der Waals surface area contributed by atoms with Crippen molar-refractivity contribution in [1.82, 2.24) is 4.98 Å². The summed E-state index contributed by atoms with van der Waals surface area (Å²) in [5.74, 6) is -1.37. The molecule has 1 saturated heterocycles. The normalized spacial score (nSPS) is 15.3. The smallest absolute Gasteiger partial charge is 0.350 e. The van der Waals surface area contributed by atoms with Crippen molar-refractivity contribution >= 4 is 39.9 Å². The largest absolute Gasteiger partial charge is 0.507 e. The van der Waals surface area contributed by atoms with Gasteiger partial charge in [-0.3, -0.25) is 14.5 Å². The van der Waals surface area contributed by atoms with Crippen molar-refractivity contribution in [2.45, 2.75) is 39.8 Å². The predicted octanol–water partition coefficient (Wildman–Crippen LogP) is 7.19. The number of Topliss-reactive ketones (excluding diaryl/α,β-unsaturated/α-hetero) is 1. The van der Waals surface area contributed by atoms with Gasteiger partial charge < -0.3 is 24.1 Å². The Morgan fingerprint density at radius 1 is 1.00 bits per heavy atom. The number of amides is 1. The Balaban J connectivity index is 1.61. The number of aliphatic hydroxyl groups is 1. The van der Waals surface area contributed by atoms with Gasteiger partial charge in [-0.1, -0.05) is 67.3 Å². The van der Waals surface area contributed by atoms with E-state index in [0.717, 1.165) is 23.3 Å². The minimum atomic E-state index is -1.12. The van der Waals surface area contributed by atoms with Crippen LogP contribution >= 0.6 is 11.3 Å². The number of aliphatic hydroxyl groups excluding tert-OH is 1. The Morgan fingerprint density at radius 2 is 1.75 bits per heavy atom. The molecule has 0 aliphatic carbocycles. The number of anilines is 1. The Hall–Kier alpha value is -5.42. The first-order chi connectivity index (χ1) is 23.3. The fourth-order valence-electron chi connectivity index (χ4n) is 5.12. The van der Waals surface area contributed by atoms with E-state index in [1.54, 1.807) is 49.4 Å². The molecule has 0 spiro atoms. The van der Waals surface area contributed by atoms with E-state index in [4.69, 9.17) is 18.9 Å². The number of carbonyl (C=O) groups excluding carboxylic acids is 3. The molecule has 1 amide bonds. The van der Waals surface area contributed by atoms with Crippen LogP contribution in [-0.4, -0.2) is 47.6 Å². The molecule has 10 nitrogen and oxygen atoms in total. The van der Waals surface area contributed by atoms with Crippen LogP contribution in [0.15, 0.2) is 91.0 Å². The van der Waals surface area contributed by atoms with Crippen LogP contribution in [-0.2, 0) is 20.9 Å². The molecule has 48 heavy (non-hydrogen) atoms. The van der Waals surface area contributed by atoms with Gasteiger partial charge in [0.25, 0.3) is 5.78 Å². The Bertz CT molecular complexity index is 1830. The Morgan fingerprint density at radius 3 is 2.44 bits per heavy atom. The molecule has 1 aliphatic rings. The van der Waals surface area contributed by atoms with Crippen molar-refractivity contribution < 1.29 is 38.4 Å². The fraction of sp³-hybridized carbons (Fsp3) is 0.243. The fourth-order valence-corrected chi connectivity index (χ4v) is 6.11. The highest BCUT2D eigenvalue weighted by molar-refractivity contribution is 7.17. The van der Waals surface area contributed by atoms with Gasteiger partial charge in [0.05, 0.1) is 30.5 Å². The topological polar surface area (TPSA) is 124 Å². The lowest BCUT2D eigenvalue weighted by Crippen LogP contribution is -2.29. The number of rotatable bonds is 14. The van der Waals surface area contributed by atoms with Gasteiger partial charge in [0.15, 0.2) is 16.6 Å². The summed E-state index contributed by atoms with van der Waals surface area (Å²) in [6, 6.07) is 20.3. The number of aryl methyl sites for hydroxylation is 1. The molecule has 0 saturated carbocycles. The predicted molar refractivity (Wildman–Crippen MR) is 183 cm³/mol. The number of ether oxygens (including phenoxy) is 4. The molecule has 1 aliphatic heterocycles. The molecule has 1 unspecified atom stereocenters. The number of nitrogens with zero attached hydrogens (tertiary/aromatic N) is 2. The summed E-state index contributed by atoms with van der Waals surface area (Å²) in [5, 5.41) is 11.7. The molecule has 1 aromatic heterocycles. The van der Waals surface area contributed by atoms with E-state index >= 15 is 0 Å². The monoisotopic (exact) mass is 668 g/mol. The van der Waals surface area contributed by atoms with E-state index < -0.39 is 23.7 Å². The molecule has 1 fully saturated rings. The summed E-state index contributed by atoms with van der Waals surface area (Å²) in [5.41, 5.74) is 1.92. The molecule has 3 aromatic carbocycles. The number of carbonyl (C=O) groups is 3. The molecular weight excluding hydrogens is 632 g/mol. The number of benzene rings is 3. The zero-order chi connectivity index (χ0) is 34.2. The van der Waals surface area contributed by atoms with Gasteiger partial charge in [-0.25, -0.2) is 9.78 Å². The summed E-state index contributed by atoms with van der Waals surface area (Å²) in [7, 11) is 0. The molecular formula is C37H36N2O8S. The summed E-state index contributed by atoms with van der Waals surface area (Å²) in [4.78, 5) is 46.2. The highest BCUT2D eigenvalue weighted by Gasteiger charge is 2.48. The number of hydrogen-bond donors (Lipinski definition) is 1. The van der Waals surface area contributed by atoms with Crippen LogP contribution in [0.5, 0.6) is 17.2 Å². The third-order valence-electron chi connectivity index (χ3n) is 7.37. The van der Waals surface area contributed by atoms with Crippen LogP contribution in [0.4, 0.5) is 5.13 Å². The zero-order valence-electron chi connectivity index (χ0n) is 26.9. The van der Waals surface area contributed by atoms with E-state index in [9.17, 15) is 19.5 Å². The van der Waals surface area contributed by atoms with Crippen molar-refractivity contribution in [3.8, 4) is 17.2 Å². The molecule has 0 radical (unpaired) electrons. The second-order valence-corrected chi connectivity index (χ2v) is 11.7. The average Bonchev–Trinajstić information content (AvgIpc) is 3.61. The van der Waals surface area contributed by atoms with Crippen molar-refractivity contribution in [3.05, 3.63) is 118 Å². The highest BCUT2D eigenvalue weighted by Crippen LogP contribution is 2.45. The first-order valence-corrected chi connectivity index (χ1v) is 16.3. The summed E-state index contributed by atoms with van der Waals surface area (Å²) in [6.07, 6.45) is 2.27. The average molecular weight is 669 g/mol. The molecule has 1 N–H and O–H groups in total. The minimum absolute atomic E-state index is 0.00279. The van der Waals surface area contributed by atoms with Crippen LogP contribution in [0, 0.1) is 6.92 Å². The van der Waals surface area contributed by atoms with E-state index in [0.29, 0.717) is 53.9 Å². The van der Waals surface area contributed by atoms with Gasteiger partial charge in [0.1, 0.15) is 29.6 Å². The van der Waals surface area contributed by atoms with Crippen LogP contribution in [0.3, 0.4) is 0 Å². The van der Waals surface area contributed by atoms with Gasteiger partial charge in [0, 0.05) is 5.56 Å². The number of aromatic nitrogens is 1. The maximum absolute atomic E-state index is 13.8. The van der Waals surface area contributed by atoms with Gasteiger partial charge >= 0.3 is 11.9 Å². The second-order valence-electron chi connectivity index (χ2n) is 10.8. The quantitative estimate of drug-likeness (QED) is 0.0489. The third kappa shape index (κ3) is 7.26. The van der Waals surface area contributed by atoms with E-state index in [2.05, 4.69) is 11.6 Å². The van der Waals surface area contributed by atoms with Gasteiger partial charge in [-0.2, -0.15) is 0 Å². The molecule has 248 valence electrons. The van der Waals surface area contributed by atoms with Gasteiger partial charge in [-0.15, -0.1) is 0 Å². The van der Waals surface area contributed by atoms with E-state index in [-0.39, 0.29) is 27.9 Å². The number of hydrogen-bond acceptors (Lipinski definition) is 10. The zero-order valence-corrected chi connectivity index (χ0v) is 27.7. The summed E-state index contributed by atoms with van der Waals surface area (Å²) < 4.78 is 22.9. The minimum Gasteiger partial charge on any atom is -0.507 e. The first kappa shape index (κ1) is 33.9. The first-order valence-electron chi connectivity index (χ1n) is 15.5. The van der Waals surface area contributed by atoms with Crippen LogP contribution in [0.1, 0.15) is 58.4 Å². The highest BCUT2D eigenvalue weighted by atomic mass is 32.1. The van der Waals surface area contributed by atoms with Crippen molar-refractivity contribution in [1.29, 1.82) is 0 Å². The van der Waals surface area contributed by atoms with Crippen LogP contribution in [0.25, 0.3) is 5.76 Å². The SMILES string of the molecule is C=CCOC(=O)c1sc(N2C(=O)C(=O)C(=C(O)c3ccc(OCCC)cc3)C2c2ccc(OCc3ccccc3)c(OCC)c2)nc1C. The number of ketones is 1. The molecule has 11 heteroatoms. The van der Waals surface area contributed by atoms with Gasteiger partial charge in [-0.05, 0) is 67.8 Å². The third-order valence-corrected chi connectivity index (χ3v) is 8.51. The van der Waals surface area contributed by atoms with Crippen molar-refractivity contribution in [2.75, 3.05) is 24.7 Å². The molecule has 4 aromatic rings. The lowest BCUT2D eigenvalue weighted by atomic mass is 9.95. The molecule has 0 bridgehead atoms. The maximum atomic E-state index is 13.8. The number of thiazole rings is 1. The van der Waals surface area contributed by atoms with Crippen LogP contribution in [0.2, 0.25) is 0 Å². The summed E-state index contributed by atoms with van der Waals surface area (Å²) >= 11 is 0.918. The number of esters is 1. The standard InChI is InChI=1S/C37H36N2O8S/c1-5-19-45-27-16-13-25(14-17-27)32(40)30-31(26-15-18-28(29(21-26)44-7-3)47-22-24-11-9-8-10-12-24)39(35(42)33(30)41)37-38-23(4)34(48-37)36(43)46-20-6-2/h6,8-18,21,31,40H,2,5,7,19-20,22H2,1,3-4H3. The van der Waals surface area contributed by atoms with Crippen molar-refractivity contribution in [2.24, 2.45) is 0 Å². The van der Waals surface area contributed by atoms with E-state index in [1.807, 2.05) is 44.2 Å². The maximum Gasteiger partial charge on any atom is 0.350 e. The second kappa shape index (κ2) is 15.4. The van der Waals surface area contributed by atoms with E-state index in [1.165, 1.54) is 11.0 Å². The molecule has 2 heterocycles. The molecule has 5 rings (SSSR count). The van der Waals surface area contributed by atoms with Gasteiger partial charge in [0.2, 0.25) is 0 Å². The Kier molecular flexibility index (Phi) is 10.9. The lowest BCUT2D eigenvalue weighted by molar-refractivity contribution is -0.132. The molecule has 1 atom stereocenters. The summed E-state index contributed by atoms with van der Waals surface area (Å²) in [6.45, 7) is 10.1. The lowest BCUT2D eigenvalue weighted by Gasteiger charge is -2.24.